The molecule has 0 heterocycles. The molecule has 1 heteroatoms. The molecule has 23 heavy (non-hydrogen) atoms. The van der Waals surface area contributed by atoms with Crippen molar-refractivity contribution in [3.63, 3.8) is 0 Å². The third kappa shape index (κ3) is 3.47. The largest absolute Gasteiger partial charge is 0.204 e. The Morgan fingerprint density at radius 1 is 0.696 bits per heavy atom. The Kier molecular flexibility index (Phi) is 4.50. The summed E-state index contributed by atoms with van der Waals surface area (Å²) in [6.07, 6.45) is 5.53. The summed E-state index contributed by atoms with van der Waals surface area (Å²) in [6, 6.07) is 27.9. The van der Waals surface area contributed by atoms with E-state index in [1.807, 2.05) is 60.7 Å². The molecule has 3 aromatic carbocycles. The number of aliphatic imine (C=N–C) groups is 1. The maximum Gasteiger partial charge on any atom is 0.0886 e. The van der Waals surface area contributed by atoms with Gasteiger partial charge >= 0.3 is 0 Å². The molecule has 0 spiro atoms. The van der Waals surface area contributed by atoms with Crippen molar-refractivity contribution in [1.29, 1.82) is 0 Å². The van der Waals surface area contributed by atoms with Gasteiger partial charge in [0.15, 0.2) is 0 Å². The van der Waals surface area contributed by atoms with Crippen LogP contribution >= 0.6 is 0 Å². The lowest BCUT2D eigenvalue weighted by Crippen LogP contribution is -1.88. The molecular weight excluding hydrogens is 278 g/mol. The normalized spacial score (nSPS) is 9.52. The first-order valence-corrected chi connectivity index (χ1v) is 7.38. The number of terminal acetylenes is 1. The van der Waals surface area contributed by atoms with Gasteiger partial charge in [-0.3, -0.25) is 0 Å². The quantitative estimate of drug-likeness (QED) is 0.470. The molecule has 3 rings (SSSR count). The molecule has 0 fully saturated rings. The molecule has 0 amide bonds. The van der Waals surface area contributed by atoms with Crippen LogP contribution in [0.25, 0.3) is 5.57 Å². The van der Waals surface area contributed by atoms with Crippen molar-refractivity contribution < 1.29 is 0 Å². The second-order valence-corrected chi connectivity index (χ2v) is 4.99. The lowest BCUT2D eigenvalue weighted by molar-refractivity contribution is 1.50. The third-order valence-corrected chi connectivity index (χ3v) is 3.47. The minimum Gasteiger partial charge on any atom is -0.204 e. The fourth-order valence-corrected chi connectivity index (χ4v) is 2.31. The lowest BCUT2D eigenvalue weighted by Gasteiger charge is -2.04. The summed E-state index contributed by atoms with van der Waals surface area (Å²) in [7, 11) is 0. The molecule has 108 valence electrons. The highest BCUT2D eigenvalue weighted by Crippen LogP contribution is 2.22. The summed E-state index contributed by atoms with van der Waals surface area (Å²) in [5.41, 5.74) is 4.60. The molecule has 0 N–H and O–H groups in total. The zero-order chi connectivity index (χ0) is 15.9. The van der Waals surface area contributed by atoms with E-state index >= 15 is 0 Å². The van der Waals surface area contributed by atoms with E-state index in [0.717, 1.165) is 28.0 Å². The van der Waals surface area contributed by atoms with E-state index < -0.39 is 0 Å². The summed E-state index contributed by atoms with van der Waals surface area (Å²) < 4.78 is 0. The van der Waals surface area contributed by atoms with Crippen LogP contribution in [0.2, 0.25) is 0 Å². The van der Waals surface area contributed by atoms with Crippen molar-refractivity contribution >= 4 is 17.1 Å². The highest BCUT2D eigenvalue weighted by Gasteiger charge is 2.04. The van der Waals surface area contributed by atoms with Crippen LogP contribution in [0, 0.1) is 12.3 Å². The monoisotopic (exact) mass is 293 g/mol. The molecule has 0 aliphatic carbocycles. The number of hydrogen-bond donors (Lipinski definition) is 0. The first-order chi connectivity index (χ1) is 11.4. The summed E-state index contributed by atoms with van der Waals surface area (Å²) >= 11 is 0. The van der Waals surface area contributed by atoms with Gasteiger partial charge in [0.25, 0.3) is 0 Å². The van der Waals surface area contributed by atoms with E-state index in [2.05, 4.69) is 41.0 Å². The maximum absolute atomic E-state index is 5.53. The maximum atomic E-state index is 5.53. The van der Waals surface area contributed by atoms with E-state index in [1.165, 1.54) is 0 Å². The van der Waals surface area contributed by atoms with Gasteiger partial charge in [-0.2, -0.15) is 0 Å². The smallest absolute Gasteiger partial charge is 0.0886 e. The summed E-state index contributed by atoms with van der Waals surface area (Å²) in [6.45, 7) is 0. The minimum atomic E-state index is 0.749. The van der Waals surface area contributed by atoms with Crippen molar-refractivity contribution in [3.05, 3.63) is 102 Å². The van der Waals surface area contributed by atoms with Gasteiger partial charge < -0.3 is 0 Å². The van der Waals surface area contributed by atoms with E-state index in [4.69, 9.17) is 6.42 Å². The molecule has 0 aromatic heterocycles. The Balaban J connectivity index is 2.16. The zero-order valence-corrected chi connectivity index (χ0v) is 12.6. The van der Waals surface area contributed by atoms with Gasteiger partial charge in [-0.15, -0.1) is 6.42 Å². The second kappa shape index (κ2) is 7.09. The standard InChI is InChI=1S/C22H15N/c1-2-18-11-9-10-16-22(18)23-17-21(19-12-5-3-6-13-19)20-14-7-4-8-15-20/h1,3-16H. The molecule has 0 radical (unpaired) electrons. The van der Waals surface area contributed by atoms with Crippen LogP contribution in [0.5, 0.6) is 0 Å². The topological polar surface area (TPSA) is 12.4 Å². The van der Waals surface area contributed by atoms with E-state index in [1.54, 1.807) is 0 Å². The molecule has 0 bridgehead atoms. The van der Waals surface area contributed by atoms with Gasteiger partial charge in [0.05, 0.1) is 16.8 Å². The Bertz CT molecular complexity index is 852. The number of rotatable bonds is 3. The predicted molar refractivity (Wildman–Crippen MR) is 96.9 cm³/mol. The SMILES string of the molecule is C#Cc1ccccc1N=C=C(c1ccccc1)c1ccccc1. The molecule has 0 atom stereocenters. The highest BCUT2D eigenvalue weighted by molar-refractivity contribution is 5.99. The van der Waals surface area contributed by atoms with E-state index in [-0.39, 0.29) is 0 Å². The van der Waals surface area contributed by atoms with Gasteiger partial charge in [0.1, 0.15) is 0 Å². The van der Waals surface area contributed by atoms with E-state index in [0.29, 0.717) is 0 Å². The van der Waals surface area contributed by atoms with Gasteiger partial charge in [0.2, 0.25) is 0 Å². The lowest BCUT2D eigenvalue weighted by atomic mass is 9.99. The molecular formula is C22H15N. The summed E-state index contributed by atoms with van der Waals surface area (Å²) in [5.74, 6) is 5.85. The van der Waals surface area contributed by atoms with Gasteiger partial charge in [0, 0.05) is 0 Å². The molecule has 0 unspecified atom stereocenters. The van der Waals surface area contributed by atoms with Crippen LogP contribution in [0.3, 0.4) is 0 Å². The summed E-state index contributed by atoms with van der Waals surface area (Å²) in [4.78, 5) is 4.50. The van der Waals surface area contributed by atoms with Crippen molar-refractivity contribution in [1.82, 2.24) is 0 Å². The van der Waals surface area contributed by atoms with Crippen LogP contribution in [-0.2, 0) is 0 Å². The van der Waals surface area contributed by atoms with Crippen molar-refractivity contribution in [2.24, 2.45) is 4.99 Å². The minimum absolute atomic E-state index is 0.749. The number of para-hydroxylation sites is 1. The van der Waals surface area contributed by atoms with Gasteiger partial charge in [-0.25, -0.2) is 4.99 Å². The molecule has 0 saturated carbocycles. The van der Waals surface area contributed by atoms with Gasteiger partial charge in [-0.05, 0) is 29.1 Å². The Hall–Kier alpha value is -3.33. The van der Waals surface area contributed by atoms with Crippen LogP contribution in [0.4, 0.5) is 5.69 Å². The number of nitrogens with zero attached hydrogens (tertiary/aromatic N) is 1. The fourth-order valence-electron chi connectivity index (χ4n) is 2.31. The fraction of sp³-hybridized carbons (Fsp3) is 0. The summed E-state index contributed by atoms with van der Waals surface area (Å²) in [5, 5.41) is 0. The first-order valence-electron chi connectivity index (χ1n) is 7.38. The van der Waals surface area contributed by atoms with Crippen molar-refractivity contribution in [2.45, 2.75) is 0 Å². The third-order valence-electron chi connectivity index (χ3n) is 3.47. The second-order valence-electron chi connectivity index (χ2n) is 4.99. The zero-order valence-electron chi connectivity index (χ0n) is 12.6. The molecule has 0 aliphatic heterocycles. The van der Waals surface area contributed by atoms with Crippen molar-refractivity contribution in [3.8, 4) is 12.3 Å². The predicted octanol–water partition coefficient (Wildman–Crippen LogP) is 5.10. The van der Waals surface area contributed by atoms with Crippen LogP contribution in [0.1, 0.15) is 16.7 Å². The Labute approximate surface area is 136 Å². The molecule has 0 aliphatic rings. The Morgan fingerprint density at radius 2 is 1.22 bits per heavy atom. The molecule has 1 nitrogen and oxygen atoms in total. The average molecular weight is 293 g/mol. The average Bonchev–Trinajstić information content (AvgIpc) is 2.64. The number of hydrogen-bond acceptors (Lipinski definition) is 1. The molecule has 0 saturated heterocycles. The highest BCUT2D eigenvalue weighted by atomic mass is 14.7. The molecule has 3 aromatic rings. The Morgan fingerprint density at radius 3 is 1.78 bits per heavy atom. The van der Waals surface area contributed by atoms with E-state index in [9.17, 15) is 0 Å². The van der Waals surface area contributed by atoms with Crippen LogP contribution < -0.4 is 0 Å². The first kappa shape index (κ1) is 14.6. The number of benzene rings is 3. The van der Waals surface area contributed by atoms with Crippen LogP contribution in [-0.4, -0.2) is 5.87 Å². The van der Waals surface area contributed by atoms with Crippen LogP contribution in [0.15, 0.2) is 89.9 Å². The van der Waals surface area contributed by atoms with Gasteiger partial charge in [-0.1, -0.05) is 78.7 Å². The van der Waals surface area contributed by atoms with Crippen molar-refractivity contribution in [2.75, 3.05) is 0 Å².